The summed E-state index contributed by atoms with van der Waals surface area (Å²) >= 11 is 6.00. The zero-order chi connectivity index (χ0) is 21.9. The average Bonchev–Trinajstić information content (AvgIpc) is 2.75. The smallest absolute Gasteiger partial charge is 0.229 e. The number of methoxy groups -OCH3 is 1. The Bertz CT molecular complexity index is 891. The van der Waals surface area contributed by atoms with Crippen molar-refractivity contribution in [2.24, 2.45) is 5.41 Å². The molecule has 2 aromatic rings. The molecule has 0 N–H and O–H groups in total. The van der Waals surface area contributed by atoms with Crippen molar-refractivity contribution >= 4 is 23.3 Å². The van der Waals surface area contributed by atoms with Crippen LogP contribution in [0.4, 0.5) is 5.82 Å². The largest absolute Gasteiger partial charge is 0.497 e. The number of aryl methyl sites for hydroxylation is 2. The number of benzene rings is 1. The first-order valence-corrected chi connectivity index (χ1v) is 10.9. The van der Waals surface area contributed by atoms with E-state index in [1.54, 1.807) is 7.11 Å². The molecule has 0 aliphatic carbocycles. The van der Waals surface area contributed by atoms with Crippen LogP contribution < -0.4 is 9.64 Å². The minimum Gasteiger partial charge on any atom is -0.497 e. The lowest BCUT2D eigenvalue weighted by molar-refractivity contribution is -0.139. The van der Waals surface area contributed by atoms with Crippen LogP contribution in [0.5, 0.6) is 5.75 Å². The van der Waals surface area contributed by atoms with Crippen LogP contribution in [0.3, 0.4) is 0 Å². The van der Waals surface area contributed by atoms with Crippen molar-refractivity contribution in [3.8, 4) is 5.75 Å². The van der Waals surface area contributed by atoms with Gasteiger partial charge in [0.1, 0.15) is 17.4 Å². The molecule has 0 unspecified atom stereocenters. The fraction of sp³-hybridized carbons (Fsp3) is 0.522. The van der Waals surface area contributed by atoms with Gasteiger partial charge in [0.15, 0.2) is 0 Å². The van der Waals surface area contributed by atoms with E-state index in [0.717, 1.165) is 48.2 Å². The Morgan fingerprint density at radius 2 is 1.73 bits per heavy atom. The second kappa shape index (κ2) is 9.21. The number of piperazine rings is 1. The van der Waals surface area contributed by atoms with Crippen molar-refractivity contribution in [2.45, 2.75) is 34.1 Å². The molecule has 0 radical (unpaired) electrons. The number of halogens is 1. The lowest BCUT2D eigenvalue weighted by atomic mass is 9.94. The summed E-state index contributed by atoms with van der Waals surface area (Å²) in [5, 5.41) is 0. The first-order valence-electron chi connectivity index (χ1n) is 10.3. The number of hydrogen-bond acceptors (Lipinski definition) is 5. The topological polar surface area (TPSA) is 58.6 Å². The first-order chi connectivity index (χ1) is 14.2. The molecule has 1 aromatic heterocycles. The Morgan fingerprint density at radius 1 is 1.10 bits per heavy atom. The van der Waals surface area contributed by atoms with E-state index in [9.17, 15) is 4.79 Å². The third-order valence-corrected chi connectivity index (χ3v) is 6.29. The zero-order valence-electron chi connectivity index (χ0n) is 18.5. The van der Waals surface area contributed by atoms with Crippen LogP contribution in [-0.4, -0.2) is 59.9 Å². The standard InChI is InChI=1S/C23H31ClN4O2/c1-16-20(14-18-6-8-19(30-5)9-7-18)21(26-17(2)25-16)27-10-12-28(13-11-27)22(29)23(3,4)15-24/h6-9H,10-15H2,1-5H3. The van der Waals surface area contributed by atoms with Crippen LogP contribution in [0.1, 0.15) is 36.5 Å². The van der Waals surface area contributed by atoms with Crippen molar-refractivity contribution in [3.05, 3.63) is 46.9 Å². The minimum atomic E-state index is -0.536. The molecule has 2 heterocycles. The fourth-order valence-electron chi connectivity index (χ4n) is 3.74. The van der Waals surface area contributed by atoms with Gasteiger partial charge in [-0.1, -0.05) is 12.1 Å². The highest BCUT2D eigenvalue weighted by molar-refractivity contribution is 6.19. The van der Waals surface area contributed by atoms with Gasteiger partial charge in [0, 0.05) is 49.7 Å². The number of nitrogens with zero attached hydrogens (tertiary/aromatic N) is 4. The van der Waals surface area contributed by atoms with Gasteiger partial charge in [-0.3, -0.25) is 4.79 Å². The van der Waals surface area contributed by atoms with Gasteiger partial charge in [-0.05, 0) is 45.4 Å². The van der Waals surface area contributed by atoms with Crippen LogP contribution >= 0.6 is 11.6 Å². The molecule has 3 rings (SSSR count). The lowest BCUT2D eigenvalue weighted by Gasteiger charge is -2.39. The number of anilines is 1. The minimum absolute atomic E-state index is 0.116. The average molecular weight is 431 g/mol. The van der Waals surface area contributed by atoms with Gasteiger partial charge >= 0.3 is 0 Å². The molecule has 1 amide bonds. The third-order valence-electron chi connectivity index (χ3n) is 5.62. The molecule has 1 aromatic carbocycles. The Kier molecular flexibility index (Phi) is 6.86. The van der Waals surface area contributed by atoms with E-state index < -0.39 is 5.41 Å². The summed E-state index contributed by atoms with van der Waals surface area (Å²) in [7, 11) is 1.67. The number of aromatic nitrogens is 2. The van der Waals surface area contributed by atoms with Gasteiger partial charge in [0.2, 0.25) is 5.91 Å². The molecule has 7 heteroatoms. The van der Waals surface area contributed by atoms with Crippen molar-refractivity contribution < 1.29 is 9.53 Å². The molecule has 162 valence electrons. The van der Waals surface area contributed by atoms with Crippen LogP contribution in [0.2, 0.25) is 0 Å². The number of rotatable bonds is 6. The maximum absolute atomic E-state index is 12.7. The maximum Gasteiger partial charge on any atom is 0.229 e. The highest BCUT2D eigenvalue weighted by Gasteiger charge is 2.33. The van der Waals surface area contributed by atoms with Gasteiger partial charge in [0.05, 0.1) is 12.5 Å². The van der Waals surface area contributed by atoms with Crippen LogP contribution in [0.25, 0.3) is 0 Å². The third kappa shape index (κ3) is 4.86. The molecule has 0 spiro atoms. The van der Waals surface area contributed by atoms with Crippen molar-refractivity contribution in [1.29, 1.82) is 0 Å². The number of alkyl halides is 1. The molecule has 1 aliphatic rings. The number of carbonyl (C=O) groups is 1. The van der Waals surface area contributed by atoms with Gasteiger partial charge < -0.3 is 14.5 Å². The Morgan fingerprint density at radius 3 is 2.30 bits per heavy atom. The summed E-state index contributed by atoms with van der Waals surface area (Å²) in [6.07, 6.45) is 0.754. The van der Waals surface area contributed by atoms with Gasteiger partial charge in [-0.15, -0.1) is 11.6 Å². The Labute approximate surface area is 184 Å². The van der Waals surface area contributed by atoms with E-state index >= 15 is 0 Å². The second-order valence-corrected chi connectivity index (χ2v) is 8.75. The van der Waals surface area contributed by atoms with Gasteiger partial charge in [0.25, 0.3) is 0 Å². The lowest BCUT2D eigenvalue weighted by Crippen LogP contribution is -2.53. The Hall–Kier alpha value is -2.34. The highest BCUT2D eigenvalue weighted by atomic mass is 35.5. The summed E-state index contributed by atoms with van der Waals surface area (Å²) in [6, 6.07) is 8.10. The van der Waals surface area contributed by atoms with Crippen LogP contribution in [0.15, 0.2) is 24.3 Å². The van der Waals surface area contributed by atoms with E-state index in [4.69, 9.17) is 21.3 Å². The Balaban J connectivity index is 1.80. The molecule has 6 nitrogen and oxygen atoms in total. The van der Waals surface area contributed by atoms with Crippen LogP contribution in [-0.2, 0) is 11.2 Å². The second-order valence-electron chi connectivity index (χ2n) is 8.48. The quantitative estimate of drug-likeness (QED) is 0.655. The van der Waals surface area contributed by atoms with Gasteiger partial charge in [-0.25, -0.2) is 9.97 Å². The van der Waals surface area contributed by atoms with E-state index in [-0.39, 0.29) is 5.91 Å². The normalized spacial score (nSPS) is 14.7. The first kappa shape index (κ1) is 22.3. The molecule has 0 saturated carbocycles. The monoisotopic (exact) mass is 430 g/mol. The predicted octanol–water partition coefficient (Wildman–Crippen LogP) is 3.61. The van der Waals surface area contributed by atoms with Crippen molar-refractivity contribution in [1.82, 2.24) is 14.9 Å². The molecular formula is C23H31ClN4O2. The molecule has 1 fully saturated rings. The van der Waals surface area contributed by atoms with Gasteiger partial charge in [-0.2, -0.15) is 0 Å². The summed E-state index contributed by atoms with van der Waals surface area (Å²) < 4.78 is 5.27. The number of ether oxygens (including phenoxy) is 1. The van der Waals surface area contributed by atoms with E-state index in [2.05, 4.69) is 22.0 Å². The number of amides is 1. The molecule has 0 bridgehead atoms. The number of carbonyl (C=O) groups excluding carboxylic acids is 1. The molecule has 0 atom stereocenters. The van der Waals surface area contributed by atoms with E-state index in [0.29, 0.717) is 19.0 Å². The van der Waals surface area contributed by atoms with E-state index in [1.165, 1.54) is 5.56 Å². The molecular weight excluding hydrogens is 400 g/mol. The summed E-state index contributed by atoms with van der Waals surface area (Å²) in [5.74, 6) is 3.02. The molecule has 30 heavy (non-hydrogen) atoms. The van der Waals surface area contributed by atoms with Crippen LogP contribution in [0, 0.1) is 19.3 Å². The highest BCUT2D eigenvalue weighted by Crippen LogP contribution is 2.27. The van der Waals surface area contributed by atoms with Crippen molar-refractivity contribution in [2.75, 3.05) is 44.1 Å². The predicted molar refractivity (Wildman–Crippen MR) is 121 cm³/mol. The summed E-state index contributed by atoms with van der Waals surface area (Å²) in [5.41, 5.74) is 2.78. The maximum atomic E-state index is 12.7. The molecule has 1 saturated heterocycles. The molecule has 1 aliphatic heterocycles. The SMILES string of the molecule is COc1ccc(Cc2c(C)nc(C)nc2N2CCN(C(=O)C(C)(C)CCl)CC2)cc1. The van der Waals surface area contributed by atoms with Crippen molar-refractivity contribution in [3.63, 3.8) is 0 Å². The zero-order valence-corrected chi connectivity index (χ0v) is 19.3. The fourth-order valence-corrected chi connectivity index (χ4v) is 3.85. The summed E-state index contributed by atoms with van der Waals surface area (Å²) in [4.78, 5) is 26.3. The summed E-state index contributed by atoms with van der Waals surface area (Å²) in [6.45, 7) is 10.6. The number of hydrogen-bond donors (Lipinski definition) is 0. The van der Waals surface area contributed by atoms with E-state index in [1.807, 2.05) is 44.7 Å².